The van der Waals surface area contributed by atoms with E-state index in [4.69, 9.17) is 9.47 Å². The van der Waals surface area contributed by atoms with Gasteiger partial charge in [0.1, 0.15) is 11.3 Å². The highest BCUT2D eigenvalue weighted by Crippen LogP contribution is 2.32. The summed E-state index contributed by atoms with van der Waals surface area (Å²) in [4.78, 5) is 18.3. The van der Waals surface area contributed by atoms with E-state index in [1.165, 1.54) is 4.21 Å². The Morgan fingerprint density at radius 3 is 2.91 bits per heavy atom. The van der Waals surface area contributed by atoms with Gasteiger partial charge in [-0.1, -0.05) is 18.2 Å². The molecule has 4 rings (SSSR count). The first-order valence-electron chi connectivity index (χ1n) is 11.8. The minimum absolute atomic E-state index is 0.229. The predicted octanol–water partition coefficient (Wildman–Crippen LogP) is 5.67. The van der Waals surface area contributed by atoms with Crippen molar-refractivity contribution < 1.29 is 19.4 Å². The molecule has 1 fully saturated rings. The first-order chi connectivity index (χ1) is 16.6. The molecule has 1 aromatic carbocycles. The van der Waals surface area contributed by atoms with Gasteiger partial charge in [0.25, 0.3) is 0 Å². The largest absolute Gasteiger partial charge is 0.491 e. The lowest BCUT2D eigenvalue weighted by molar-refractivity contribution is -0.137. The summed E-state index contributed by atoms with van der Waals surface area (Å²) in [5.41, 5.74) is 0.808. The van der Waals surface area contributed by atoms with Gasteiger partial charge in [0, 0.05) is 36.7 Å². The molecule has 0 spiro atoms. The number of thiophene rings is 1. The van der Waals surface area contributed by atoms with E-state index in [0.717, 1.165) is 61.3 Å². The van der Waals surface area contributed by atoms with Crippen LogP contribution in [0.5, 0.6) is 11.6 Å². The second kappa shape index (κ2) is 12.4. The molecule has 1 N–H and O–H groups in total. The number of aromatic nitrogens is 1. The van der Waals surface area contributed by atoms with Crippen LogP contribution in [0.25, 0.3) is 10.9 Å². The van der Waals surface area contributed by atoms with Crippen molar-refractivity contribution in [2.24, 2.45) is 11.8 Å². The van der Waals surface area contributed by atoms with E-state index < -0.39 is 5.97 Å². The number of hydrogen-bond donors (Lipinski definition) is 1. The molecule has 6 nitrogen and oxygen atoms in total. The topological polar surface area (TPSA) is 71.9 Å². The summed E-state index contributed by atoms with van der Waals surface area (Å²) in [5.74, 6) is 2.54. The molecule has 0 amide bonds. The van der Waals surface area contributed by atoms with Crippen LogP contribution in [0, 0.1) is 11.8 Å². The van der Waals surface area contributed by atoms with E-state index in [0.29, 0.717) is 24.3 Å². The fourth-order valence-corrected chi connectivity index (χ4v) is 6.51. The number of nitrogens with zero attached hydrogens (tertiary/aromatic N) is 2. The number of fused-ring (bicyclic) bond motifs is 1. The van der Waals surface area contributed by atoms with Crippen LogP contribution < -0.4 is 9.47 Å². The SMILES string of the molecule is COc1ccc2cccc(OCC[C@@H]3CCN(CCSc4cccs4)C[C@@H]3CCC(=O)O)c2n1. The van der Waals surface area contributed by atoms with Gasteiger partial charge in [-0.2, -0.15) is 0 Å². The maximum atomic E-state index is 11.3. The van der Waals surface area contributed by atoms with Gasteiger partial charge in [0.2, 0.25) is 5.88 Å². The third-order valence-electron chi connectivity index (χ3n) is 6.46. The second-order valence-corrected chi connectivity index (χ2v) is 11.0. The minimum Gasteiger partial charge on any atom is -0.491 e. The van der Waals surface area contributed by atoms with Crippen LogP contribution >= 0.6 is 23.1 Å². The van der Waals surface area contributed by atoms with Crippen molar-refractivity contribution in [3.8, 4) is 11.6 Å². The predicted molar refractivity (Wildman–Crippen MR) is 138 cm³/mol. The van der Waals surface area contributed by atoms with Crippen LogP contribution in [0.3, 0.4) is 0 Å². The highest BCUT2D eigenvalue weighted by atomic mass is 32.2. The van der Waals surface area contributed by atoms with Gasteiger partial charge in [0.05, 0.1) is 17.9 Å². The Labute approximate surface area is 209 Å². The first-order valence-corrected chi connectivity index (χ1v) is 13.7. The number of carboxylic acid groups (broad SMARTS) is 1. The third-order valence-corrected chi connectivity index (χ3v) is 8.58. The molecule has 1 saturated heterocycles. The number of aliphatic carboxylic acids is 1. The van der Waals surface area contributed by atoms with Crippen molar-refractivity contribution in [3.63, 3.8) is 0 Å². The van der Waals surface area contributed by atoms with Crippen molar-refractivity contribution in [2.75, 3.05) is 39.1 Å². The van der Waals surface area contributed by atoms with E-state index in [2.05, 4.69) is 27.4 Å². The van der Waals surface area contributed by atoms with Gasteiger partial charge in [0.15, 0.2) is 0 Å². The number of thioether (sulfide) groups is 1. The number of likely N-dealkylation sites (tertiary alicyclic amines) is 1. The zero-order valence-corrected chi connectivity index (χ0v) is 21.2. The molecule has 2 aromatic heterocycles. The van der Waals surface area contributed by atoms with Gasteiger partial charge in [-0.25, -0.2) is 4.98 Å². The van der Waals surface area contributed by atoms with Crippen LogP contribution in [0.15, 0.2) is 52.1 Å². The second-order valence-electron chi connectivity index (χ2n) is 8.64. The fourth-order valence-electron chi connectivity index (χ4n) is 4.65. The molecule has 3 aromatic rings. The van der Waals surface area contributed by atoms with Crippen LogP contribution in [0.2, 0.25) is 0 Å². The van der Waals surface area contributed by atoms with Gasteiger partial charge in [-0.05, 0) is 61.2 Å². The van der Waals surface area contributed by atoms with E-state index in [1.807, 2.05) is 42.1 Å². The van der Waals surface area contributed by atoms with Crippen molar-refractivity contribution >= 4 is 40.0 Å². The molecule has 1 aliphatic heterocycles. The molecule has 3 heterocycles. The monoisotopic (exact) mass is 500 g/mol. The molecule has 2 atom stereocenters. The van der Waals surface area contributed by atoms with E-state index in [-0.39, 0.29) is 6.42 Å². The van der Waals surface area contributed by atoms with Gasteiger partial charge >= 0.3 is 5.97 Å². The molecule has 0 bridgehead atoms. The molecular formula is C26H32N2O4S2. The number of carboxylic acids is 1. The maximum Gasteiger partial charge on any atom is 0.303 e. The molecular weight excluding hydrogens is 468 g/mol. The Morgan fingerprint density at radius 2 is 2.12 bits per heavy atom. The van der Waals surface area contributed by atoms with Gasteiger partial charge in [-0.3, -0.25) is 4.79 Å². The Hall–Kier alpha value is -2.29. The lowest BCUT2D eigenvalue weighted by Crippen LogP contribution is -2.42. The normalized spacial score (nSPS) is 18.7. The number of carbonyl (C=O) groups is 1. The zero-order chi connectivity index (χ0) is 23.8. The first kappa shape index (κ1) is 24.8. The van der Waals surface area contributed by atoms with Crippen molar-refractivity contribution in [1.29, 1.82) is 0 Å². The summed E-state index contributed by atoms with van der Waals surface area (Å²) < 4.78 is 12.8. The molecule has 0 aliphatic carbocycles. The third kappa shape index (κ3) is 6.87. The van der Waals surface area contributed by atoms with E-state index >= 15 is 0 Å². The average Bonchev–Trinajstić information content (AvgIpc) is 3.37. The van der Waals surface area contributed by atoms with Gasteiger partial charge in [-0.15, -0.1) is 23.1 Å². The Morgan fingerprint density at radius 1 is 1.21 bits per heavy atom. The van der Waals surface area contributed by atoms with Crippen LogP contribution in [-0.2, 0) is 4.79 Å². The lowest BCUT2D eigenvalue weighted by Gasteiger charge is -2.38. The number of hydrogen-bond acceptors (Lipinski definition) is 7. The number of pyridine rings is 1. The minimum atomic E-state index is -0.712. The highest BCUT2D eigenvalue weighted by molar-refractivity contribution is 8.01. The van der Waals surface area contributed by atoms with Crippen molar-refractivity contribution in [3.05, 3.63) is 47.8 Å². The summed E-state index contributed by atoms with van der Waals surface area (Å²) in [6.07, 6.45) is 2.95. The number of piperidine rings is 1. The van der Waals surface area contributed by atoms with Crippen LogP contribution in [0.4, 0.5) is 0 Å². The van der Waals surface area contributed by atoms with Gasteiger partial charge < -0.3 is 19.5 Å². The van der Waals surface area contributed by atoms with Crippen molar-refractivity contribution in [2.45, 2.75) is 29.9 Å². The summed E-state index contributed by atoms with van der Waals surface area (Å²) >= 11 is 3.69. The number of rotatable bonds is 12. The molecule has 0 radical (unpaired) electrons. The standard InChI is InChI=1S/C26H32N2O4S2/c1-31-23-9-7-20-4-2-5-22(26(20)27-23)32-15-12-19-11-13-28(18-21(19)8-10-24(29)30)14-17-34-25-6-3-16-33-25/h2-7,9,16,19,21H,8,10-15,17-18H2,1H3,(H,29,30)/t19-,21-/m0/s1. The number of benzene rings is 1. The summed E-state index contributed by atoms with van der Waals surface area (Å²) in [6.45, 7) is 3.67. The zero-order valence-electron chi connectivity index (χ0n) is 19.5. The number of ether oxygens (including phenoxy) is 2. The number of para-hydroxylation sites is 1. The molecule has 0 saturated carbocycles. The molecule has 8 heteroatoms. The fraction of sp³-hybridized carbons (Fsp3) is 0.462. The highest BCUT2D eigenvalue weighted by Gasteiger charge is 2.29. The van der Waals surface area contributed by atoms with E-state index in [9.17, 15) is 9.90 Å². The molecule has 182 valence electrons. The van der Waals surface area contributed by atoms with Crippen molar-refractivity contribution in [1.82, 2.24) is 9.88 Å². The molecule has 34 heavy (non-hydrogen) atoms. The average molecular weight is 501 g/mol. The summed E-state index contributed by atoms with van der Waals surface area (Å²) in [6, 6.07) is 14.0. The maximum absolute atomic E-state index is 11.3. The molecule has 0 unspecified atom stereocenters. The molecule has 1 aliphatic rings. The van der Waals surface area contributed by atoms with Crippen LogP contribution in [-0.4, -0.2) is 60.1 Å². The van der Waals surface area contributed by atoms with Crippen LogP contribution in [0.1, 0.15) is 25.7 Å². The quantitative estimate of drug-likeness (QED) is 0.321. The summed E-state index contributed by atoms with van der Waals surface area (Å²) in [7, 11) is 1.61. The summed E-state index contributed by atoms with van der Waals surface area (Å²) in [5, 5.41) is 12.4. The Kier molecular flexibility index (Phi) is 9.07. The Bertz CT molecular complexity index is 1060. The lowest BCUT2D eigenvalue weighted by atomic mass is 9.80. The smallest absolute Gasteiger partial charge is 0.303 e. The Balaban J connectivity index is 1.32. The van der Waals surface area contributed by atoms with E-state index in [1.54, 1.807) is 18.4 Å². The number of methoxy groups -OCH3 is 1.